The van der Waals surface area contributed by atoms with E-state index >= 15 is 0 Å². The average molecular weight is 741 g/mol. The number of fused-ring (bicyclic) bond motifs is 14. The molecule has 7 rings (SSSR count). The van der Waals surface area contributed by atoms with Gasteiger partial charge < -0.3 is 29.2 Å². The summed E-state index contributed by atoms with van der Waals surface area (Å²) in [7, 11) is 0. The quantitative estimate of drug-likeness (QED) is 0.175. The van der Waals surface area contributed by atoms with E-state index in [1.165, 1.54) is 28.9 Å². The fraction of sp³-hybridized carbons (Fsp3) is 0.333. The van der Waals surface area contributed by atoms with E-state index in [0.717, 1.165) is 0 Å². The van der Waals surface area contributed by atoms with E-state index in [-0.39, 0.29) is 47.5 Å². The number of nitrogens with one attached hydrogen (secondary N) is 3. The molecule has 6 aromatic rings. The van der Waals surface area contributed by atoms with Crippen molar-refractivity contribution in [1.82, 2.24) is 40.9 Å². The lowest BCUT2D eigenvalue weighted by atomic mass is 9.94. The van der Waals surface area contributed by atoms with Gasteiger partial charge in [-0.25, -0.2) is 24.9 Å². The van der Waals surface area contributed by atoms with E-state index in [9.17, 15) is 14.4 Å². The van der Waals surface area contributed by atoms with Crippen molar-refractivity contribution in [3.8, 4) is 55.9 Å². The van der Waals surface area contributed by atoms with Gasteiger partial charge in [0.2, 0.25) is 29.5 Å². The van der Waals surface area contributed by atoms with Crippen LogP contribution in [0.25, 0.3) is 55.9 Å². The Kier molecular flexibility index (Phi) is 9.83. The maximum Gasteiger partial charge on any atom is 0.274 e. The number of carbonyl (C=O) groups excluding carboxylic acids is 3. The number of hydrogen-bond acceptors (Lipinski definition) is 13. The molecule has 1 aliphatic rings. The lowest BCUT2D eigenvalue weighted by molar-refractivity contribution is -0.131. The average Bonchev–Trinajstić information content (AvgIpc) is 4.00. The van der Waals surface area contributed by atoms with E-state index in [1.54, 1.807) is 12.3 Å². The van der Waals surface area contributed by atoms with E-state index in [4.69, 9.17) is 23.2 Å². The van der Waals surface area contributed by atoms with E-state index in [0.29, 0.717) is 57.0 Å². The van der Waals surface area contributed by atoms with Crippen LogP contribution in [0.1, 0.15) is 62.7 Å². The number of carbonyl (C=O) groups is 3. The summed E-state index contributed by atoms with van der Waals surface area (Å²) in [6.45, 7) is 9.35. The molecule has 10 bridgehead atoms. The minimum atomic E-state index is -0.987. The van der Waals surface area contributed by atoms with Crippen molar-refractivity contribution >= 4 is 40.4 Å². The first-order chi connectivity index (χ1) is 25.1. The Bertz CT molecular complexity index is 2230. The number of thiazole rings is 2. The molecule has 0 spiro atoms. The van der Waals surface area contributed by atoms with Gasteiger partial charge in [0.25, 0.3) is 5.91 Å². The molecule has 1 aromatic carbocycles. The van der Waals surface area contributed by atoms with Gasteiger partial charge in [0.15, 0.2) is 17.1 Å². The van der Waals surface area contributed by atoms with E-state index in [1.807, 2.05) is 63.4 Å². The second-order valence-electron chi connectivity index (χ2n) is 12.6. The summed E-state index contributed by atoms with van der Waals surface area (Å²) < 4.78 is 17.8. The lowest BCUT2D eigenvalue weighted by Gasteiger charge is -2.28. The number of benzene rings is 1. The molecule has 52 heavy (non-hydrogen) atoms. The van der Waals surface area contributed by atoms with Crippen LogP contribution in [0.2, 0.25) is 0 Å². The topological polar surface area (TPSA) is 191 Å². The Hall–Kier alpha value is -5.48. The third-order valence-corrected chi connectivity index (χ3v) is 10.8. The summed E-state index contributed by atoms with van der Waals surface area (Å²) in [5.41, 5.74) is 2.58. The Morgan fingerprint density at radius 1 is 0.769 bits per heavy atom. The fourth-order valence-corrected chi connectivity index (χ4v) is 7.33. The van der Waals surface area contributed by atoms with Crippen LogP contribution in [0.5, 0.6) is 0 Å². The Labute approximate surface area is 306 Å². The first-order valence-corrected chi connectivity index (χ1v) is 18.7. The zero-order valence-electron chi connectivity index (χ0n) is 29.1. The molecule has 14 nitrogen and oxygen atoms in total. The normalized spacial score (nSPS) is 17.8. The van der Waals surface area contributed by atoms with Crippen molar-refractivity contribution in [2.45, 2.75) is 66.1 Å². The number of oxazole rings is 3. The number of aryl methyl sites for hydroxylation is 1. The number of nitrogens with zero attached hydrogens (tertiary/aromatic N) is 5. The Morgan fingerprint density at radius 2 is 1.42 bits per heavy atom. The van der Waals surface area contributed by atoms with Gasteiger partial charge in [0.1, 0.15) is 51.2 Å². The summed E-state index contributed by atoms with van der Waals surface area (Å²) >= 11 is 2.74. The third kappa shape index (κ3) is 6.90. The molecule has 4 atom stereocenters. The Balaban J connectivity index is 1.31. The summed E-state index contributed by atoms with van der Waals surface area (Å²) in [6.07, 6.45) is 2.59. The molecule has 0 saturated carbocycles. The summed E-state index contributed by atoms with van der Waals surface area (Å²) in [5, 5.41) is 13.6. The minimum Gasteiger partial charge on any atom is -0.446 e. The SMILES string of the molecule is CC[C@@H](C)[C@H]1NC(=O)c2nc(oc2-c2ccccc2)-c2csc(n2)-c2csc(n2)-c2nc(oc2C)-c2coc(n2)CNC(=O)[C@H]([C@@H](C)CC)NC1=O. The van der Waals surface area contributed by atoms with Crippen LogP contribution in [0.15, 0.2) is 60.6 Å². The fourth-order valence-electron chi connectivity index (χ4n) is 5.66. The highest BCUT2D eigenvalue weighted by Gasteiger charge is 2.34. The predicted octanol–water partition coefficient (Wildman–Crippen LogP) is 6.51. The van der Waals surface area contributed by atoms with E-state index < -0.39 is 29.8 Å². The van der Waals surface area contributed by atoms with Gasteiger partial charge in [-0.2, -0.15) is 0 Å². The standard InChI is InChI=1S/C36H36N8O6S2/c1-6-17(3)25-30(45)37-13-24-38-21(14-48-24)33-43-27(19(5)49-33)36-40-23(16-52-36)35-39-22(15-51-35)34-44-28(29(50-34)20-11-9-8-10-12-20)32(47)42-26(18(4)7-2)31(46)41-25/h8-12,14-18,25-26H,6-7,13H2,1-5H3,(H,37,45)(H,41,46)(H,42,47)/t17-,18+,25-,26+/m0/s1. The maximum absolute atomic E-state index is 14.1. The van der Waals surface area contributed by atoms with Crippen LogP contribution >= 0.6 is 22.7 Å². The molecule has 0 radical (unpaired) electrons. The molecule has 0 aliphatic carbocycles. The molecular weight excluding hydrogens is 705 g/mol. The zero-order chi connectivity index (χ0) is 36.5. The van der Waals surface area contributed by atoms with Gasteiger partial charge in [0.05, 0.1) is 6.54 Å². The van der Waals surface area contributed by atoms with Gasteiger partial charge in [0, 0.05) is 16.3 Å². The monoisotopic (exact) mass is 740 g/mol. The second-order valence-corrected chi connectivity index (χ2v) is 14.3. The second kappa shape index (κ2) is 14.6. The molecule has 1 aliphatic heterocycles. The Morgan fingerprint density at radius 3 is 2.17 bits per heavy atom. The third-order valence-electron chi connectivity index (χ3n) is 9.08. The van der Waals surface area contributed by atoms with Gasteiger partial charge in [-0.05, 0) is 18.8 Å². The molecular formula is C36H36N8O6S2. The summed E-state index contributed by atoms with van der Waals surface area (Å²) in [4.78, 5) is 64.9. The van der Waals surface area contributed by atoms with Crippen molar-refractivity contribution in [1.29, 1.82) is 0 Å². The van der Waals surface area contributed by atoms with Crippen molar-refractivity contribution in [2.24, 2.45) is 11.8 Å². The molecule has 3 N–H and O–H groups in total. The van der Waals surface area contributed by atoms with Crippen molar-refractivity contribution < 1.29 is 27.6 Å². The zero-order valence-corrected chi connectivity index (χ0v) is 30.7. The molecule has 0 saturated heterocycles. The summed E-state index contributed by atoms with van der Waals surface area (Å²) in [5.74, 6) is -0.658. The predicted molar refractivity (Wildman–Crippen MR) is 194 cm³/mol. The number of rotatable bonds is 5. The van der Waals surface area contributed by atoms with Crippen LogP contribution in [0, 0.1) is 18.8 Å². The van der Waals surface area contributed by atoms with Crippen LogP contribution in [-0.2, 0) is 16.1 Å². The van der Waals surface area contributed by atoms with Gasteiger partial charge in [-0.15, -0.1) is 22.7 Å². The first kappa shape index (κ1) is 34.9. The highest BCUT2D eigenvalue weighted by Crippen LogP contribution is 2.36. The van der Waals surface area contributed by atoms with Crippen molar-refractivity contribution in [3.63, 3.8) is 0 Å². The minimum absolute atomic E-state index is 0.00102. The highest BCUT2D eigenvalue weighted by molar-refractivity contribution is 7.15. The van der Waals surface area contributed by atoms with E-state index in [2.05, 4.69) is 30.9 Å². The van der Waals surface area contributed by atoms with Crippen LogP contribution in [0.3, 0.4) is 0 Å². The summed E-state index contributed by atoms with van der Waals surface area (Å²) in [6, 6.07) is 7.25. The molecule has 0 fully saturated rings. The molecule has 5 aromatic heterocycles. The number of hydrogen-bond donors (Lipinski definition) is 3. The van der Waals surface area contributed by atoms with Crippen LogP contribution in [0.4, 0.5) is 0 Å². The number of amides is 3. The molecule has 0 unspecified atom stereocenters. The first-order valence-electron chi connectivity index (χ1n) is 16.9. The molecule has 3 amide bonds. The highest BCUT2D eigenvalue weighted by atomic mass is 32.1. The lowest BCUT2D eigenvalue weighted by Crippen LogP contribution is -2.57. The van der Waals surface area contributed by atoms with Gasteiger partial charge >= 0.3 is 0 Å². The maximum atomic E-state index is 14.1. The molecule has 268 valence electrons. The van der Waals surface area contributed by atoms with Gasteiger partial charge in [-0.3, -0.25) is 14.4 Å². The van der Waals surface area contributed by atoms with Crippen molar-refractivity contribution in [3.05, 3.63) is 64.7 Å². The van der Waals surface area contributed by atoms with Crippen LogP contribution < -0.4 is 16.0 Å². The molecule has 6 heterocycles. The molecule has 16 heteroatoms. The van der Waals surface area contributed by atoms with Crippen molar-refractivity contribution in [2.75, 3.05) is 0 Å². The smallest absolute Gasteiger partial charge is 0.274 e. The van der Waals surface area contributed by atoms with Crippen LogP contribution in [-0.4, -0.2) is 54.7 Å². The largest absolute Gasteiger partial charge is 0.446 e. The van der Waals surface area contributed by atoms with Gasteiger partial charge in [-0.1, -0.05) is 70.9 Å². The number of aromatic nitrogens is 5.